The molecular formula is C8H16O3. The second-order valence-corrected chi connectivity index (χ2v) is 3.17. The van der Waals surface area contributed by atoms with Crippen LogP contribution in [0.2, 0.25) is 0 Å². The molecule has 0 saturated heterocycles. The van der Waals surface area contributed by atoms with E-state index in [-0.39, 0.29) is 12.5 Å². The molecule has 0 radical (unpaired) electrons. The van der Waals surface area contributed by atoms with Gasteiger partial charge in [0, 0.05) is 26.1 Å². The summed E-state index contributed by atoms with van der Waals surface area (Å²) in [7, 11) is 0. The van der Waals surface area contributed by atoms with Gasteiger partial charge >= 0.3 is 0 Å². The number of ether oxygens (including phenoxy) is 1. The number of aliphatic hydroxyl groups excluding tert-OH is 1. The van der Waals surface area contributed by atoms with Crippen LogP contribution in [0.25, 0.3) is 0 Å². The lowest BCUT2D eigenvalue weighted by atomic mass is 10.1. The van der Waals surface area contributed by atoms with Crippen LogP contribution in [0.3, 0.4) is 0 Å². The van der Waals surface area contributed by atoms with Crippen molar-refractivity contribution in [1.29, 1.82) is 0 Å². The highest BCUT2D eigenvalue weighted by atomic mass is 16.6. The van der Waals surface area contributed by atoms with Crippen molar-refractivity contribution in [2.75, 3.05) is 13.2 Å². The molecule has 1 rings (SSSR count). The molecule has 0 aromatic rings. The van der Waals surface area contributed by atoms with Crippen molar-refractivity contribution in [1.82, 2.24) is 0 Å². The first-order valence-corrected chi connectivity index (χ1v) is 4.17. The number of hydrogen-bond donors (Lipinski definition) is 2. The van der Waals surface area contributed by atoms with Crippen molar-refractivity contribution >= 4 is 0 Å². The van der Waals surface area contributed by atoms with Crippen LogP contribution in [-0.4, -0.2) is 29.2 Å². The summed E-state index contributed by atoms with van der Waals surface area (Å²) in [5.41, 5.74) is 0. The Morgan fingerprint density at radius 3 is 2.82 bits per heavy atom. The van der Waals surface area contributed by atoms with E-state index < -0.39 is 5.79 Å². The van der Waals surface area contributed by atoms with Crippen LogP contribution in [-0.2, 0) is 4.74 Å². The maximum atomic E-state index is 9.66. The molecule has 2 atom stereocenters. The lowest BCUT2D eigenvalue weighted by Gasteiger charge is -2.21. The third-order valence-electron chi connectivity index (χ3n) is 2.22. The fourth-order valence-corrected chi connectivity index (χ4v) is 1.64. The molecule has 0 aliphatic heterocycles. The Morgan fingerprint density at radius 2 is 2.36 bits per heavy atom. The Morgan fingerprint density at radius 1 is 1.64 bits per heavy atom. The third kappa shape index (κ3) is 2.15. The Labute approximate surface area is 67.0 Å². The molecule has 0 spiro atoms. The predicted octanol–water partition coefficient (Wildman–Crippen LogP) is 0.504. The quantitative estimate of drug-likeness (QED) is 0.591. The number of aliphatic hydroxyl groups is 2. The highest BCUT2D eigenvalue weighted by molar-refractivity contribution is 4.81. The standard InChI is InChI=1S/C8H16O3/c1-2-11-8(10)4-3-7(5-8)6-9/h7,9-10H,2-6H2,1H3. The van der Waals surface area contributed by atoms with Crippen molar-refractivity contribution in [2.24, 2.45) is 5.92 Å². The molecule has 3 nitrogen and oxygen atoms in total. The zero-order chi connectivity index (χ0) is 8.32. The molecule has 11 heavy (non-hydrogen) atoms. The summed E-state index contributed by atoms with van der Waals surface area (Å²) in [5.74, 6) is -0.714. The fourth-order valence-electron chi connectivity index (χ4n) is 1.64. The average molecular weight is 160 g/mol. The number of rotatable bonds is 3. The first-order valence-electron chi connectivity index (χ1n) is 4.17. The molecular weight excluding hydrogens is 144 g/mol. The summed E-state index contributed by atoms with van der Waals surface area (Å²) in [6.45, 7) is 2.56. The summed E-state index contributed by atoms with van der Waals surface area (Å²) in [4.78, 5) is 0. The first kappa shape index (κ1) is 8.97. The van der Waals surface area contributed by atoms with Crippen molar-refractivity contribution in [3.05, 3.63) is 0 Å². The maximum Gasteiger partial charge on any atom is 0.165 e. The van der Waals surface area contributed by atoms with E-state index in [9.17, 15) is 5.11 Å². The summed E-state index contributed by atoms with van der Waals surface area (Å²) in [5, 5.41) is 18.5. The van der Waals surface area contributed by atoms with Gasteiger partial charge in [0.1, 0.15) is 0 Å². The maximum absolute atomic E-state index is 9.66. The van der Waals surface area contributed by atoms with Gasteiger partial charge in [0.05, 0.1) is 0 Å². The van der Waals surface area contributed by atoms with Crippen molar-refractivity contribution in [2.45, 2.75) is 32.0 Å². The summed E-state index contributed by atoms with van der Waals surface area (Å²) in [6, 6.07) is 0. The van der Waals surface area contributed by atoms with Crippen molar-refractivity contribution in [3.8, 4) is 0 Å². The largest absolute Gasteiger partial charge is 0.396 e. The van der Waals surface area contributed by atoms with Gasteiger partial charge in [-0.3, -0.25) is 0 Å². The van der Waals surface area contributed by atoms with E-state index in [2.05, 4.69) is 0 Å². The second kappa shape index (κ2) is 3.52. The van der Waals surface area contributed by atoms with Crippen molar-refractivity contribution < 1.29 is 14.9 Å². The van der Waals surface area contributed by atoms with Crippen LogP contribution < -0.4 is 0 Å². The minimum absolute atomic E-state index is 0.162. The molecule has 1 aliphatic rings. The van der Waals surface area contributed by atoms with Gasteiger partial charge in [-0.15, -0.1) is 0 Å². The normalized spacial score (nSPS) is 37.9. The Kier molecular flexibility index (Phi) is 2.87. The van der Waals surface area contributed by atoms with Crippen molar-refractivity contribution in [3.63, 3.8) is 0 Å². The summed E-state index contributed by atoms with van der Waals surface area (Å²) < 4.78 is 5.17. The Hall–Kier alpha value is -0.120. The lowest BCUT2D eigenvalue weighted by molar-refractivity contribution is -0.196. The molecule has 2 N–H and O–H groups in total. The van der Waals surface area contributed by atoms with Gasteiger partial charge in [0.15, 0.2) is 5.79 Å². The van der Waals surface area contributed by atoms with Crippen LogP contribution in [0.5, 0.6) is 0 Å². The molecule has 2 unspecified atom stereocenters. The molecule has 0 amide bonds. The van der Waals surface area contributed by atoms with E-state index in [1.807, 2.05) is 6.92 Å². The van der Waals surface area contributed by atoms with E-state index in [1.54, 1.807) is 0 Å². The SMILES string of the molecule is CCOC1(O)CCC(CO)C1. The zero-order valence-corrected chi connectivity index (χ0v) is 6.92. The van der Waals surface area contributed by atoms with Gasteiger partial charge in [-0.2, -0.15) is 0 Å². The first-order chi connectivity index (χ1) is 5.20. The molecule has 1 saturated carbocycles. The topological polar surface area (TPSA) is 49.7 Å². The molecule has 0 heterocycles. The number of hydrogen-bond acceptors (Lipinski definition) is 3. The minimum Gasteiger partial charge on any atom is -0.396 e. The van der Waals surface area contributed by atoms with E-state index >= 15 is 0 Å². The van der Waals surface area contributed by atoms with Gasteiger partial charge in [-0.05, 0) is 19.3 Å². The monoisotopic (exact) mass is 160 g/mol. The molecule has 1 fully saturated rings. The highest BCUT2D eigenvalue weighted by Gasteiger charge is 2.37. The average Bonchev–Trinajstić information content (AvgIpc) is 2.33. The van der Waals surface area contributed by atoms with Crippen LogP contribution in [0, 0.1) is 5.92 Å². The predicted molar refractivity (Wildman–Crippen MR) is 41.0 cm³/mol. The molecule has 0 aromatic heterocycles. The van der Waals surface area contributed by atoms with Crippen LogP contribution >= 0.6 is 0 Å². The third-order valence-corrected chi connectivity index (χ3v) is 2.22. The van der Waals surface area contributed by atoms with Crippen LogP contribution in [0.4, 0.5) is 0 Å². The zero-order valence-electron chi connectivity index (χ0n) is 6.92. The molecule has 1 aliphatic carbocycles. The fraction of sp³-hybridized carbons (Fsp3) is 1.00. The smallest absolute Gasteiger partial charge is 0.165 e. The van der Waals surface area contributed by atoms with Gasteiger partial charge in [0.2, 0.25) is 0 Å². The Balaban J connectivity index is 2.37. The van der Waals surface area contributed by atoms with Gasteiger partial charge < -0.3 is 14.9 Å². The lowest BCUT2D eigenvalue weighted by Crippen LogP contribution is -2.29. The highest BCUT2D eigenvalue weighted by Crippen LogP contribution is 2.34. The summed E-state index contributed by atoms with van der Waals surface area (Å²) >= 11 is 0. The van der Waals surface area contributed by atoms with E-state index in [0.717, 1.165) is 6.42 Å². The molecule has 0 aromatic carbocycles. The van der Waals surface area contributed by atoms with Crippen LogP contribution in [0.1, 0.15) is 26.2 Å². The summed E-state index contributed by atoms with van der Waals surface area (Å²) in [6.07, 6.45) is 2.11. The van der Waals surface area contributed by atoms with Gasteiger partial charge in [-0.25, -0.2) is 0 Å². The van der Waals surface area contributed by atoms with Crippen LogP contribution in [0.15, 0.2) is 0 Å². The molecule has 0 bridgehead atoms. The molecule has 3 heteroatoms. The second-order valence-electron chi connectivity index (χ2n) is 3.17. The Bertz CT molecular complexity index is 127. The van der Waals surface area contributed by atoms with Gasteiger partial charge in [-0.1, -0.05) is 0 Å². The van der Waals surface area contributed by atoms with Gasteiger partial charge in [0.25, 0.3) is 0 Å². The molecule has 66 valence electrons. The van der Waals surface area contributed by atoms with E-state index in [1.165, 1.54) is 0 Å². The van der Waals surface area contributed by atoms with E-state index in [4.69, 9.17) is 9.84 Å². The minimum atomic E-state index is -0.942. The van der Waals surface area contributed by atoms with E-state index in [0.29, 0.717) is 19.4 Å².